The van der Waals surface area contributed by atoms with Gasteiger partial charge in [-0.15, -0.1) is 0 Å². The predicted octanol–water partition coefficient (Wildman–Crippen LogP) is 3.32. The van der Waals surface area contributed by atoms with E-state index in [2.05, 4.69) is 15.5 Å². The Morgan fingerprint density at radius 3 is 2.54 bits per heavy atom. The Morgan fingerprint density at radius 1 is 1.12 bits per heavy atom. The van der Waals surface area contributed by atoms with Crippen LogP contribution >= 0.6 is 0 Å². The molecule has 1 N–H and O–H groups in total. The van der Waals surface area contributed by atoms with Crippen LogP contribution in [0.25, 0.3) is 11.5 Å². The molecule has 2 aromatic carbocycles. The molecule has 0 bridgehead atoms. The molecule has 3 rings (SSSR count). The van der Waals surface area contributed by atoms with Crippen LogP contribution in [0, 0.1) is 0 Å². The number of amides is 1. The fourth-order valence-electron chi connectivity index (χ4n) is 2.08. The average Bonchev–Trinajstić information content (AvgIpc) is 3.10. The summed E-state index contributed by atoms with van der Waals surface area (Å²) in [6.45, 7) is 1.90. The Balaban J connectivity index is 1.55. The number of aryl methyl sites for hydroxylation is 1. The highest BCUT2D eigenvalue weighted by atomic mass is 16.5. The number of ether oxygens (including phenoxy) is 1. The second-order valence-electron chi connectivity index (χ2n) is 5.10. The second kappa shape index (κ2) is 7.41. The summed E-state index contributed by atoms with van der Waals surface area (Å²) < 4.78 is 10.7. The summed E-state index contributed by atoms with van der Waals surface area (Å²) in [5, 5.41) is 6.62. The summed E-state index contributed by atoms with van der Waals surface area (Å²) in [7, 11) is 0. The van der Waals surface area contributed by atoms with E-state index in [4.69, 9.17) is 9.26 Å². The summed E-state index contributed by atoms with van der Waals surface area (Å²) in [4.78, 5) is 16.1. The Hall–Kier alpha value is -3.15. The zero-order valence-electron chi connectivity index (χ0n) is 13.2. The van der Waals surface area contributed by atoms with Crippen LogP contribution in [0.15, 0.2) is 59.1 Å². The quantitative estimate of drug-likeness (QED) is 0.753. The number of hydrogen-bond acceptors (Lipinski definition) is 5. The highest BCUT2D eigenvalue weighted by Crippen LogP contribution is 2.21. The molecule has 0 saturated carbocycles. The predicted molar refractivity (Wildman–Crippen MR) is 89.7 cm³/mol. The zero-order chi connectivity index (χ0) is 16.8. The second-order valence-corrected chi connectivity index (χ2v) is 5.10. The third-order valence-electron chi connectivity index (χ3n) is 3.31. The maximum atomic E-state index is 11.8. The van der Waals surface area contributed by atoms with E-state index in [1.807, 2.05) is 49.4 Å². The van der Waals surface area contributed by atoms with Crippen molar-refractivity contribution in [3.8, 4) is 17.2 Å². The minimum absolute atomic E-state index is 0.0607. The molecule has 0 radical (unpaired) electrons. The highest BCUT2D eigenvalue weighted by Gasteiger charge is 2.08. The number of anilines is 1. The van der Waals surface area contributed by atoms with E-state index in [0.717, 1.165) is 17.7 Å². The molecule has 0 aliphatic rings. The van der Waals surface area contributed by atoms with E-state index < -0.39 is 0 Å². The standard InChI is InChI=1S/C18H17N3O3/c1-2-16-20-18(24-21-16)13-8-10-15(11-9-13)23-12-17(22)19-14-6-4-3-5-7-14/h3-11H,2,12H2,1H3,(H,19,22). The van der Waals surface area contributed by atoms with Gasteiger partial charge in [-0.2, -0.15) is 4.98 Å². The Bertz CT molecular complexity index is 798. The molecule has 24 heavy (non-hydrogen) atoms. The maximum Gasteiger partial charge on any atom is 0.262 e. The number of para-hydroxylation sites is 1. The Kier molecular flexibility index (Phi) is 4.86. The lowest BCUT2D eigenvalue weighted by molar-refractivity contribution is -0.118. The van der Waals surface area contributed by atoms with Gasteiger partial charge in [-0.1, -0.05) is 30.3 Å². The first-order chi connectivity index (χ1) is 11.7. The van der Waals surface area contributed by atoms with Crippen molar-refractivity contribution < 1.29 is 14.1 Å². The third-order valence-corrected chi connectivity index (χ3v) is 3.31. The van der Waals surface area contributed by atoms with Crippen molar-refractivity contribution >= 4 is 11.6 Å². The van der Waals surface area contributed by atoms with Gasteiger partial charge in [0, 0.05) is 17.7 Å². The highest BCUT2D eigenvalue weighted by molar-refractivity contribution is 5.91. The van der Waals surface area contributed by atoms with Crippen LogP contribution in [-0.2, 0) is 11.2 Å². The lowest BCUT2D eigenvalue weighted by Crippen LogP contribution is -2.20. The molecule has 0 saturated heterocycles. The summed E-state index contributed by atoms with van der Waals surface area (Å²) in [5.41, 5.74) is 1.55. The first-order valence-electron chi connectivity index (χ1n) is 7.65. The molecule has 6 nitrogen and oxygen atoms in total. The van der Waals surface area contributed by atoms with Crippen LogP contribution in [0.5, 0.6) is 5.75 Å². The number of hydrogen-bond donors (Lipinski definition) is 1. The third kappa shape index (κ3) is 3.98. The van der Waals surface area contributed by atoms with Crippen LogP contribution in [0.4, 0.5) is 5.69 Å². The van der Waals surface area contributed by atoms with Crippen molar-refractivity contribution in [3.05, 3.63) is 60.4 Å². The van der Waals surface area contributed by atoms with Crippen molar-refractivity contribution in [2.45, 2.75) is 13.3 Å². The van der Waals surface area contributed by atoms with E-state index in [-0.39, 0.29) is 12.5 Å². The Labute approximate surface area is 139 Å². The molecule has 0 unspecified atom stereocenters. The first-order valence-corrected chi connectivity index (χ1v) is 7.65. The molecule has 6 heteroatoms. The minimum atomic E-state index is -0.213. The van der Waals surface area contributed by atoms with Crippen molar-refractivity contribution in [3.63, 3.8) is 0 Å². The fourth-order valence-corrected chi connectivity index (χ4v) is 2.08. The lowest BCUT2D eigenvalue weighted by Gasteiger charge is -2.07. The zero-order valence-corrected chi connectivity index (χ0v) is 13.2. The molecule has 0 aliphatic carbocycles. The van der Waals surface area contributed by atoms with Gasteiger partial charge in [-0.25, -0.2) is 0 Å². The fraction of sp³-hybridized carbons (Fsp3) is 0.167. The van der Waals surface area contributed by atoms with Crippen LogP contribution in [0.3, 0.4) is 0 Å². The maximum absolute atomic E-state index is 11.8. The number of aromatic nitrogens is 2. The van der Waals surface area contributed by atoms with Crippen molar-refractivity contribution in [1.82, 2.24) is 10.1 Å². The molecule has 0 atom stereocenters. The molecular formula is C18H17N3O3. The summed E-state index contributed by atoms with van der Waals surface area (Å²) in [6, 6.07) is 16.4. The molecule has 122 valence electrons. The van der Waals surface area contributed by atoms with Crippen LogP contribution in [-0.4, -0.2) is 22.7 Å². The topological polar surface area (TPSA) is 77.2 Å². The van der Waals surface area contributed by atoms with Gasteiger partial charge in [0.1, 0.15) is 5.75 Å². The SMILES string of the molecule is CCc1noc(-c2ccc(OCC(=O)Nc3ccccc3)cc2)n1. The van der Waals surface area contributed by atoms with Gasteiger partial charge in [0.25, 0.3) is 11.8 Å². The summed E-state index contributed by atoms with van der Waals surface area (Å²) in [5.74, 6) is 1.52. The largest absolute Gasteiger partial charge is 0.484 e. The van der Waals surface area contributed by atoms with E-state index >= 15 is 0 Å². The lowest BCUT2D eigenvalue weighted by atomic mass is 10.2. The first kappa shape index (κ1) is 15.7. The van der Waals surface area contributed by atoms with Gasteiger partial charge in [-0.3, -0.25) is 4.79 Å². The van der Waals surface area contributed by atoms with Gasteiger partial charge in [0.05, 0.1) is 0 Å². The normalized spacial score (nSPS) is 10.4. The molecule has 0 spiro atoms. The van der Waals surface area contributed by atoms with Gasteiger partial charge < -0.3 is 14.6 Å². The van der Waals surface area contributed by atoms with Crippen LogP contribution in [0.2, 0.25) is 0 Å². The number of nitrogens with zero attached hydrogens (tertiary/aromatic N) is 2. The summed E-state index contributed by atoms with van der Waals surface area (Å²) >= 11 is 0. The number of carbonyl (C=O) groups is 1. The molecule has 1 aromatic heterocycles. The van der Waals surface area contributed by atoms with E-state index in [1.54, 1.807) is 12.1 Å². The monoisotopic (exact) mass is 323 g/mol. The molecule has 1 heterocycles. The van der Waals surface area contributed by atoms with Gasteiger partial charge in [-0.05, 0) is 36.4 Å². The van der Waals surface area contributed by atoms with Gasteiger partial charge >= 0.3 is 0 Å². The molecule has 0 aliphatic heterocycles. The van der Waals surface area contributed by atoms with E-state index in [9.17, 15) is 4.79 Å². The number of carbonyl (C=O) groups excluding carboxylic acids is 1. The Morgan fingerprint density at radius 2 is 1.88 bits per heavy atom. The number of rotatable bonds is 6. The van der Waals surface area contributed by atoms with Crippen molar-refractivity contribution in [2.24, 2.45) is 0 Å². The van der Waals surface area contributed by atoms with Gasteiger partial charge in [0.2, 0.25) is 0 Å². The minimum Gasteiger partial charge on any atom is -0.484 e. The number of nitrogens with one attached hydrogen (secondary N) is 1. The smallest absolute Gasteiger partial charge is 0.262 e. The molecule has 0 fully saturated rings. The molecule has 1 amide bonds. The number of benzene rings is 2. The van der Waals surface area contributed by atoms with Crippen molar-refractivity contribution in [2.75, 3.05) is 11.9 Å². The molecule has 3 aromatic rings. The van der Waals surface area contributed by atoms with E-state index in [0.29, 0.717) is 17.5 Å². The van der Waals surface area contributed by atoms with E-state index in [1.165, 1.54) is 0 Å². The summed E-state index contributed by atoms with van der Waals surface area (Å²) in [6.07, 6.45) is 0.723. The van der Waals surface area contributed by atoms with Crippen molar-refractivity contribution in [1.29, 1.82) is 0 Å². The van der Waals surface area contributed by atoms with Crippen LogP contribution < -0.4 is 10.1 Å². The van der Waals surface area contributed by atoms with Gasteiger partial charge in [0.15, 0.2) is 12.4 Å². The average molecular weight is 323 g/mol. The molecular weight excluding hydrogens is 306 g/mol. The van der Waals surface area contributed by atoms with Crippen LogP contribution in [0.1, 0.15) is 12.7 Å².